The van der Waals surface area contributed by atoms with Crippen LogP contribution in [0, 0.1) is 0 Å². The van der Waals surface area contributed by atoms with Crippen molar-refractivity contribution in [3.05, 3.63) is 35.9 Å². The van der Waals surface area contributed by atoms with Gasteiger partial charge in [-0.2, -0.15) is 0 Å². The van der Waals surface area contributed by atoms with Crippen molar-refractivity contribution in [3.8, 4) is 0 Å². The third-order valence-corrected chi connectivity index (χ3v) is 4.87. The first-order valence-corrected chi connectivity index (χ1v) is 7.68. The van der Waals surface area contributed by atoms with E-state index in [0.29, 0.717) is 13.0 Å². The summed E-state index contributed by atoms with van der Waals surface area (Å²) in [4.78, 5) is 25.9. The number of ether oxygens (including phenoxy) is 1. The van der Waals surface area contributed by atoms with Gasteiger partial charge in [-0.25, -0.2) is 0 Å². The molecule has 0 radical (unpaired) electrons. The number of hydrogen-bond donors (Lipinski definition) is 1. The van der Waals surface area contributed by atoms with Gasteiger partial charge >= 0.3 is 5.97 Å². The minimum absolute atomic E-state index is 0.0174. The number of nitrogens with zero attached hydrogens (tertiary/aromatic N) is 1. The number of likely N-dealkylation sites (tertiary alicyclic amines) is 1. The summed E-state index contributed by atoms with van der Waals surface area (Å²) in [6.45, 7) is 0.488. The molecule has 118 valence electrons. The first kappa shape index (κ1) is 15.0. The van der Waals surface area contributed by atoms with Crippen LogP contribution in [0.2, 0.25) is 0 Å². The Morgan fingerprint density at radius 3 is 2.55 bits per heavy atom. The van der Waals surface area contributed by atoms with Crippen LogP contribution >= 0.6 is 0 Å². The normalized spacial score (nSPS) is 26.0. The van der Waals surface area contributed by atoms with Crippen molar-refractivity contribution in [2.75, 3.05) is 13.7 Å². The van der Waals surface area contributed by atoms with E-state index >= 15 is 0 Å². The van der Waals surface area contributed by atoms with Crippen LogP contribution in [0.1, 0.15) is 31.2 Å². The van der Waals surface area contributed by atoms with Crippen molar-refractivity contribution >= 4 is 11.9 Å². The molecule has 5 heteroatoms. The number of amides is 1. The van der Waals surface area contributed by atoms with E-state index in [1.807, 2.05) is 30.3 Å². The standard InChI is InChI=1S/C17H21NO4/c1-22-14-9-13(10-15(19)20)18(11-14)16(21)17(7-8-17)12-5-3-2-4-6-12/h2-6,13-14H,7-11H2,1H3,(H,19,20). The molecule has 1 heterocycles. The molecule has 1 saturated carbocycles. The molecule has 2 aliphatic rings. The first-order valence-electron chi connectivity index (χ1n) is 7.68. The quantitative estimate of drug-likeness (QED) is 0.901. The number of benzene rings is 1. The van der Waals surface area contributed by atoms with Gasteiger partial charge in [0.2, 0.25) is 5.91 Å². The lowest BCUT2D eigenvalue weighted by Gasteiger charge is -2.28. The maximum absolute atomic E-state index is 13.1. The molecule has 3 rings (SSSR count). The Labute approximate surface area is 129 Å². The number of rotatable bonds is 5. The fourth-order valence-corrected chi connectivity index (χ4v) is 3.47. The zero-order chi connectivity index (χ0) is 15.7. The Balaban J connectivity index is 1.82. The van der Waals surface area contributed by atoms with Gasteiger partial charge in [-0.05, 0) is 24.8 Å². The van der Waals surface area contributed by atoms with Crippen LogP contribution in [0.4, 0.5) is 0 Å². The van der Waals surface area contributed by atoms with Crippen LogP contribution in [-0.2, 0) is 19.7 Å². The summed E-state index contributed by atoms with van der Waals surface area (Å²) >= 11 is 0. The van der Waals surface area contributed by atoms with Crippen LogP contribution < -0.4 is 0 Å². The van der Waals surface area contributed by atoms with Gasteiger partial charge in [0, 0.05) is 19.7 Å². The van der Waals surface area contributed by atoms with E-state index < -0.39 is 11.4 Å². The van der Waals surface area contributed by atoms with Crippen molar-refractivity contribution in [3.63, 3.8) is 0 Å². The molecule has 1 aromatic rings. The number of aliphatic carboxylic acids is 1. The lowest BCUT2D eigenvalue weighted by atomic mass is 9.94. The van der Waals surface area contributed by atoms with Crippen LogP contribution in [0.5, 0.6) is 0 Å². The molecule has 1 N–H and O–H groups in total. The third kappa shape index (κ3) is 2.61. The predicted octanol–water partition coefficient (Wildman–Crippen LogP) is 1.81. The SMILES string of the molecule is COC1CC(CC(=O)O)N(C(=O)C2(c3ccccc3)CC2)C1. The first-order chi connectivity index (χ1) is 10.6. The van der Waals surface area contributed by atoms with E-state index in [-0.39, 0.29) is 24.5 Å². The largest absolute Gasteiger partial charge is 0.481 e. The molecule has 1 saturated heterocycles. The summed E-state index contributed by atoms with van der Waals surface area (Å²) in [7, 11) is 1.61. The highest BCUT2D eigenvalue weighted by Gasteiger charge is 2.55. The van der Waals surface area contributed by atoms with Gasteiger partial charge in [0.05, 0.1) is 17.9 Å². The Bertz CT molecular complexity index is 567. The van der Waals surface area contributed by atoms with Crippen LogP contribution in [0.15, 0.2) is 30.3 Å². The molecule has 0 bridgehead atoms. The maximum Gasteiger partial charge on any atom is 0.305 e. The lowest BCUT2D eigenvalue weighted by Crippen LogP contribution is -2.43. The fraction of sp³-hybridized carbons (Fsp3) is 0.529. The van der Waals surface area contributed by atoms with E-state index in [9.17, 15) is 9.59 Å². The zero-order valence-corrected chi connectivity index (χ0v) is 12.7. The average Bonchev–Trinajstić information content (AvgIpc) is 3.23. The number of carboxylic acids is 1. The second-order valence-electron chi connectivity index (χ2n) is 6.25. The fourth-order valence-electron chi connectivity index (χ4n) is 3.47. The number of carbonyl (C=O) groups excluding carboxylic acids is 1. The number of hydrogen-bond acceptors (Lipinski definition) is 3. The van der Waals surface area contributed by atoms with Gasteiger partial charge in [-0.15, -0.1) is 0 Å². The number of carbonyl (C=O) groups is 2. The second kappa shape index (κ2) is 5.72. The van der Waals surface area contributed by atoms with Crippen LogP contribution in [-0.4, -0.2) is 47.7 Å². The molecule has 0 aromatic heterocycles. The predicted molar refractivity (Wildman–Crippen MR) is 80.5 cm³/mol. The van der Waals surface area contributed by atoms with Crippen LogP contribution in [0.3, 0.4) is 0 Å². The molecule has 2 unspecified atom stereocenters. The highest BCUT2D eigenvalue weighted by Crippen LogP contribution is 2.50. The molecule has 5 nitrogen and oxygen atoms in total. The monoisotopic (exact) mass is 303 g/mol. The van der Waals surface area contributed by atoms with Crippen molar-refractivity contribution < 1.29 is 19.4 Å². The van der Waals surface area contributed by atoms with Gasteiger partial charge in [-0.3, -0.25) is 9.59 Å². The van der Waals surface area contributed by atoms with Crippen molar-refractivity contribution in [1.82, 2.24) is 4.90 Å². The Kier molecular flexibility index (Phi) is 3.91. The maximum atomic E-state index is 13.1. The zero-order valence-electron chi connectivity index (χ0n) is 12.7. The van der Waals surface area contributed by atoms with Crippen molar-refractivity contribution in [2.24, 2.45) is 0 Å². The van der Waals surface area contributed by atoms with Gasteiger partial charge < -0.3 is 14.7 Å². The number of methoxy groups -OCH3 is 1. The lowest BCUT2D eigenvalue weighted by molar-refractivity contribution is -0.140. The molecule has 1 amide bonds. The summed E-state index contributed by atoms with van der Waals surface area (Å²) in [6.07, 6.45) is 2.18. The third-order valence-electron chi connectivity index (χ3n) is 4.87. The van der Waals surface area contributed by atoms with Gasteiger partial charge in [0.1, 0.15) is 0 Å². The van der Waals surface area contributed by atoms with Gasteiger partial charge in [0.25, 0.3) is 0 Å². The summed E-state index contributed by atoms with van der Waals surface area (Å²) in [5.41, 5.74) is 0.593. The van der Waals surface area contributed by atoms with Gasteiger partial charge in [0.15, 0.2) is 0 Å². The highest BCUT2D eigenvalue weighted by molar-refractivity contribution is 5.92. The van der Waals surface area contributed by atoms with Crippen molar-refractivity contribution in [1.29, 1.82) is 0 Å². The van der Waals surface area contributed by atoms with E-state index in [1.165, 1.54) is 0 Å². The van der Waals surface area contributed by atoms with E-state index in [0.717, 1.165) is 18.4 Å². The molecule has 1 aliphatic carbocycles. The summed E-state index contributed by atoms with van der Waals surface area (Å²) in [5.74, 6) is -0.811. The van der Waals surface area contributed by atoms with E-state index in [2.05, 4.69) is 0 Å². The molecule has 22 heavy (non-hydrogen) atoms. The smallest absolute Gasteiger partial charge is 0.305 e. The van der Waals surface area contributed by atoms with Gasteiger partial charge in [-0.1, -0.05) is 30.3 Å². The molecular weight excluding hydrogens is 282 g/mol. The van der Waals surface area contributed by atoms with Crippen molar-refractivity contribution in [2.45, 2.75) is 43.2 Å². The Morgan fingerprint density at radius 1 is 1.32 bits per heavy atom. The second-order valence-corrected chi connectivity index (χ2v) is 6.25. The van der Waals surface area contributed by atoms with Crippen LogP contribution in [0.25, 0.3) is 0 Å². The molecule has 2 fully saturated rings. The highest BCUT2D eigenvalue weighted by atomic mass is 16.5. The minimum atomic E-state index is -0.871. The molecular formula is C17H21NO4. The summed E-state index contributed by atoms with van der Waals surface area (Å²) in [6, 6.07) is 9.53. The summed E-state index contributed by atoms with van der Waals surface area (Å²) in [5, 5.41) is 9.09. The Hall–Kier alpha value is -1.88. The minimum Gasteiger partial charge on any atom is -0.481 e. The molecule has 1 aromatic carbocycles. The molecule has 2 atom stereocenters. The average molecular weight is 303 g/mol. The molecule has 1 aliphatic heterocycles. The number of carboxylic acid groups (broad SMARTS) is 1. The van der Waals surface area contributed by atoms with E-state index in [4.69, 9.17) is 9.84 Å². The molecule has 0 spiro atoms. The van der Waals surface area contributed by atoms with E-state index in [1.54, 1.807) is 12.0 Å². The summed E-state index contributed by atoms with van der Waals surface area (Å²) < 4.78 is 5.36. The topological polar surface area (TPSA) is 66.8 Å². The Morgan fingerprint density at radius 2 is 2.00 bits per heavy atom.